The minimum absolute atomic E-state index is 0.149. The highest BCUT2D eigenvalue weighted by atomic mass is 32.2. The zero-order chi connectivity index (χ0) is 28.4. The van der Waals surface area contributed by atoms with Crippen LogP contribution in [-0.4, -0.2) is 65.6 Å². The average molecular weight is 549 g/mol. The molecule has 3 N–H and O–H groups in total. The Labute approximate surface area is 228 Å². The molecule has 0 saturated carbocycles. The molecule has 2 aromatic heterocycles. The molecule has 0 aliphatic heterocycles. The summed E-state index contributed by atoms with van der Waals surface area (Å²) in [6.07, 6.45) is 6.87. The van der Waals surface area contributed by atoms with Gasteiger partial charge in [-0.15, -0.1) is 0 Å². The van der Waals surface area contributed by atoms with E-state index in [9.17, 15) is 13.2 Å². The number of pyridine rings is 1. The van der Waals surface area contributed by atoms with Crippen LogP contribution in [0.25, 0.3) is 11.3 Å². The van der Waals surface area contributed by atoms with Crippen LogP contribution in [-0.2, 0) is 16.5 Å². The quantitative estimate of drug-likeness (QED) is 0.273. The maximum absolute atomic E-state index is 12.8. The Morgan fingerprint density at radius 1 is 1.03 bits per heavy atom. The second-order valence-corrected chi connectivity index (χ2v) is 10.6. The van der Waals surface area contributed by atoms with Crippen LogP contribution in [0.2, 0.25) is 0 Å². The third-order valence-electron chi connectivity index (χ3n) is 5.42. The Morgan fingerprint density at radius 2 is 1.74 bits per heavy atom. The van der Waals surface area contributed by atoms with Gasteiger partial charge in [0.05, 0.1) is 11.9 Å². The van der Waals surface area contributed by atoms with Crippen molar-refractivity contribution in [1.82, 2.24) is 19.9 Å². The maximum Gasteiger partial charge on any atom is 0.261 e. The van der Waals surface area contributed by atoms with E-state index < -0.39 is 10.1 Å². The molecule has 0 spiro atoms. The summed E-state index contributed by atoms with van der Waals surface area (Å²) in [7, 11) is 0.437. The molecule has 2 aromatic carbocycles. The summed E-state index contributed by atoms with van der Waals surface area (Å²) in [6.45, 7) is 2.96. The number of hydrogen-bond acceptors (Lipinski definition) is 8. The number of likely N-dealkylation sites (N-methyl/N-ethyl adjacent to an activating group) is 1. The summed E-state index contributed by atoms with van der Waals surface area (Å²) >= 11 is 0. The summed E-state index contributed by atoms with van der Waals surface area (Å²) in [6, 6.07) is 19.1. The lowest BCUT2D eigenvalue weighted by atomic mass is 10.1. The van der Waals surface area contributed by atoms with Crippen molar-refractivity contribution in [3.8, 4) is 11.3 Å². The first-order valence-electron chi connectivity index (χ1n) is 12.1. The monoisotopic (exact) mass is 548 g/mol. The lowest BCUT2D eigenvalue weighted by Gasteiger charge is -2.12. The van der Waals surface area contributed by atoms with Gasteiger partial charge in [-0.2, -0.15) is 8.42 Å². The molecule has 0 fully saturated rings. The lowest BCUT2D eigenvalue weighted by molar-refractivity contribution is 0.102. The third kappa shape index (κ3) is 10.2. The molecule has 4 rings (SSSR count). The molecule has 1 amide bonds. The second kappa shape index (κ2) is 13.6. The largest absolute Gasteiger partial charge is 0.324 e. The molecule has 39 heavy (non-hydrogen) atoms. The molecular formula is C28H32N6O4S. The number of nitrogens with zero attached hydrogens (tertiary/aromatic N) is 4. The minimum atomic E-state index is -3.67. The molecule has 0 saturated heterocycles. The number of aromatic nitrogens is 3. The van der Waals surface area contributed by atoms with Crippen LogP contribution >= 0.6 is 0 Å². The zero-order valence-electron chi connectivity index (χ0n) is 22.3. The van der Waals surface area contributed by atoms with Crippen molar-refractivity contribution in [2.75, 3.05) is 37.5 Å². The zero-order valence-corrected chi connectivity index (χ0v) is 23.1. The van der Waals surface area contributed by atoms with E-state index in [1.54, 1.807) is 18.6 Å². The Bertz CT molecular complexity index is 1490. The maximum atomic E-state index is 12.8. The number of anilines is 3. The molecule has 4 aromatic rings. The van der Waals surface area contributed by atoms with Crippen molar-refractivity contribution >= 4 is 33.3 Å². The van der Waals surface area contributed by atoms with Gasteiger partial charge in [0.1, 0.15) is 0 Å². The topological polar surface area (TPSA) is 137 Å². The Balaban J connectivity index is 0.000000771. The molecule has 11 heteroatoms. The van der Waals surface area contributed by atoms with Gasteiger partial charge in [-0.25, -0.2) is 9.97 Å². The van der Waals surface area contributed by atoms with Gasteiger partial charge in [0.25, 0.3) is 16.0 Å². The van der Waals surface area contributed by atoms with E-state index in [2.05, 4.69) is 44.6 Å². The first kappa shape index (κ1) is 29.4. The summed E-state index contributed by atoms with van der Waals surface area (Å²) in [5.41, 5.74) is 6.05. The number of carbonyl (C=O) groups is 1. The Hall–Kier alpha value is -4.19. The second-order valence-electron chi connectivity index (χ2n) is 9.10. The van der Waals surface area contributed by atoms with E-state index in [1.807, 2.05) is 67.6 Å². The number of benzene rings is 2. The molecule has 0 atom stereocenters. The van der Waals surface area contributed by atoms with Gasteiger partial charge in [-0.05, 0) is 81.0 Å². The normalized spacial score (nSPS) is 10.9. The fraction of sp³-hybridized carbons (Fsp3) is 0.214. The van der Waals surface area contributed by atoms with Crippen LogP contribution in [0.5, 0.6) is 0 Å². The summed E-state index contributed by atoms with van der Waals surface area (Å²) in [5.74, 6) is 0.324. The van der Waals surface area contributed by atoms with E-state index in [-0.39, 0.29) is 5.91 Å². The highest BCUT2D eigenvalue weighted by Gasteiger charge is 2.10. The van der Waals surface area contributed by atoms with E-state index >= 15 is 0 Å². The van der Waals surface area contributed by atoms with Gasteiger partial charge in [0.2, 0.25) is 5.95 Å². The van der Waals surface area contributed by atoms with Crippen LogP contribution in [0.1, 0.15) is 21.5 Å². The van der Waals surface area contributed by atoms with Crippen molar-refractivity contribution in [3.05, 3.63) is 95.9 Å². The molecule has 0 unspecified atom stereocenters. The number of aryl methyl sites for hydroxylation is 1. The lowest BCUT2D eigenvalue weighted by Crippen LogP contribution is -2.15. The van der Waals surface area contributed by atoms with E-state index in [1.165, 1.54) is 5.56 Å². The predicted molar refractivity (Wildman–Crippen MR) is 154 cm³/mol. The van der Waals surface area contributed by atoms with Crippen molar-refractivity contribution in [1.29, 1.82) is 0 Å². The highest BCUT2D eigenvalue weighted by molar-refractivity contribution is 7.85. The molecular weight excluding hydrogens is 516 g/mol. The number of nitrogens with one attached hydrogen (secondary N) is 2. The number of rotatable bonds is 8. The van der Waals surface area contributed by atoms with Gasteiger partial charge >= 0.3 is 0 Å². The van der Waals surface area contributed by atoms with Crippen molar-refractivity contribution < 1.29 is 17.8 Å². The van der Waals surface area contributed by atoms with Crippen LogP contribution in [0.4, 0.5) is 17.3 Å². The Morgan fingerprint density at radius 3 is 2.38 bits per heavy atom. The summed E-state index contributed by atoms with van der Waals surface area (Å²) < 4.78 is 25.9. The molecule has 0 aliphatic carbocycles. The minimum Gasteiger partial charge on any atom is -0.324 e. The van der Waals surface area contributed by atoms with Crippen molar-refractivity contribution in [2.45, 2.75) is 13.3 Å². The van der Waals surface area contributed by atoms with Gasteiger partial charge in [0.15, 0.2) is 0 Å². The number of hydrogen-bond donors (Lipinski definition) is 3. The molecule has 0 radical (unpaired) electrons. The fourth-order valence-corrected chi connectivity index (χ4v) is 3.43. The molecule has 0 bridgehead atoms. The molecule has 10 nitrogen and oxygen atoms in total. The first-order valence-corrected chi connectivity index (χ1v) is 13.9. The highest BCUT2D eigenvalue weighted by Crippen LogP contribution is 2.24. The number of carbonyl (C=O) groups excluding carboxylic acids is 1. The van der Waals surface area contributed by atoms with Crippen LogP contribution in [0, 0.1) is 6.92 Å². The average Bonchev–Trinajstić information content (AvgIpc) is 2.89. The van der Waals surface area contributed by atoms with Gasteiger partial charge in [-0.1, -0.05) is 18.2 Å². The summed E-state index contributed by atoms with van der Waals surface area (Å²) in [4.78, 5) is 28.0. The Kier molecular flexibility index (Phi) is 10.2. The predicted octanol–water partition coefficient (Wildman–Crippen LogP) is 4.45. The number of amides is 1. The van der Waals surface area contributed by atoms with E-state index in [0.717, 1.165) is 35.5 Å². The molecule has 204 valence electrons. The van der Waals surface area contributed by atoms with Gasteiger partial charge in [0, 0.05) is 47.6 Å². The van der Waals surface area contributed by atoms with Crippen LogP contribution < -0.4 is 10.6 Å². The smallest absolute Gasteiger partial charge is 0.261 e. The standard InChI is InChI=1S/C27H28N6O.CH4O3S/c1-19-6-11-23(30-26(34)21-9-7-20(8-10-21)13-16-33(2)3)17-25(19)32-27-29-15-12-24(31-27)22-5-4-14-28-18-22;1-5(2,3)4/h4-12,14-15,17-18H,13,16H2,1-3H3,(H,30,34)(H,29,31,32);1H3,(H,2,3,4). The van der Waals surface area contributed by atoms with Crippen LogP contribution in [0.3, 0.4) is 0 Å². The first-order chi connectivity index (χ1) is 18.5. The fourth-order valence-electron chi connectivity index (χ4n) is 3.43. The van der Waals surface area contributed by atoms with E-state index in [4.69, 9.17) is 4.55 Å². The van der Waals surface area contributed by atoms with Crippen LogP contribution in [0.15, 0.2) is 79.3 Å². The van der Waals surface area contributed by atoms with Gasteiger partial charge < -0.3 is 15.5 Å². The van der Waals surface area contributed by atoms with Crippen molar-refractivity contribution in [2.24, 2.45) is 0 Å². The molecule has 0 aliphatic rings. The van der Waals surface area contributed by atoms with Crippen molar-refractivity contribution in [3.63, 3.8) is 0 Å². The van der Waals surface area contributed by atoms with Gasteiger partial charge in [-0.3, -0.25) is 14.3 Å². The summed E-state index contributed by atoms with van der Waals surface area (Å²) in [5, 5.41) is 6.25. The van der Waals surface area contributed by atoms with E-state index in [0.29, 0.717) is 23.5 Å². The molecule has 2 heterocycles. The third-order valence-corrected chi connectivity index (χ3v) is 5.42. The SMILES string of the molecule is CS(=O)(=O)O.Cc1ccc(NC(=O)c2ccc(CCN(C)C)cc2)cc1Nc1nccc(-c2cccnc2)n1.